The molecule has 5 heteroatoms. The first-order valence-corrected chi connectivity index (χ1v) is 5.30. The number of amides is 1. The highest BCUT2D eigenvalue weighted by molar-refractivity contribution is 6.05. The highest BCUT2D eigenvalue weighted by Crippen LogP contribution is 2.10. The number of aromatic amines is 1. The molecule has 1 heterocycles. The number of benzene rings is 1. The monoisotopic (exact) mass is 241 g/mol. The Hall–Kier alpha value is -2.58. The fraction of sp³-hybridized carbons (Fsp3) is 0.0769. The van der Waals surface area contributed by atoms with E-state index in [-0.39, 0.29) is 12.5 Å². The van der Waals surface area contributed by atoms with E-state index in [4.69, 9.17) is 5.11 Å². The molecule has 18 heavy (non-hydrogen) atoms. The Morgan fingerprint density at radius 1 is 1.44 bits per heavy atom. The smallest absolute Gasteiger partial charge is 0.257 e. The highest BCUT2D eigenvalue weighted by atomic mass is 16.2. The standard InChI is InChI=1S/C13H11N3O2/c17-7-3-5-10-4-1-2-6-12(10)13(18)16-11-8-14-15-9-11/h1-2,4,6,8-9,17H,7H2,(H,14,15)(H,16,18). The van der Waals surface area contributed by atoms with Gasteiger partial charge in [0.05, 0.1) is 17.4 Å². The number of rotatable bonds is 2. The van der Waals surface area contributed by atoms with Gasteiger partial charge in [0.1, 0.15) is 6.61 Å². The van der Waals surface area contributed by atoms with Crippen molar-refractivity contribution in [2.75, 3.05) is 11.9 Å². The number of aromatic nitrogens is 2. The van der Waals surface area contributed by atoms with Gasteiger partial charge in [0.25, 0.3) is 5.91 Å². The van der Waals surface area contributed by atoms with E-state index < -0.39 is 0 Å². The molecule has 0 saturated heterocycles. The van der Waals surface area contributed by atoms with Gasteiger partial charge in [-0.3, -0.25) is 9.89 Å². The molecule has 0 fully saturated rings. The van der Waals surface area contributed by atoms with Crippen LogP contribution >= 0.6 is 0 Å². The van der Waals surface area contributed by atoms with Crippen LogP contribution in [0.5, 0.6) is 0 Å². The van der Waals surface area contributed by atoms with Crippen LogP contribution in [0.15, 0.2) is 36.7 Å². The Kier molecular flexibility index (Phi) is 3.74. The molecule has 1 aromatic carbocycles. The van der Waals surface area contributed by atoms with Crippen molar-refractivity contribution in [2.45, 2.75) is 0 Å². The molecule has 1 aromatic heterocycles. The molecule has 0 bridgehead atoms. The molecule has 0 radical (unpaired) electrons. The Morgan fingerprint density at radius 3 is 3.00 bits per heavy atom. The molecule has 1 amide bonds. The summed E-state index contributed by atoms with van der Waals surface area (Å²) in [5, 5.41) is 17.7. The molecule has 5 nitrogen and oxygen atoms in total. The lowest BCUT2D eigenvalue weighted by molar-refractivity contribution is 0.102. The van der Waals surface area contributed by atoms with Crippen LogP contribution in [-0.4, -0.2) is 27.8 Å². The number of anilines is 1. The van der Waals surface area contributed by atoms with Crippen molar-refractivity contribution in [1.29, 1.82) is 0 Å². The van der Waals surface area contributed by atoms with Crippen LogP contribution in [0, 0.1) is 11.8 Å². The first kappa shape index (κ1) is 11.9. The summed E-state index contributed by atoms with van der Waals surface area (Å²) < 4.78 is 0. The van der Waals surface area contributed by atoms with Crippen LogP contribution in [0.2, 0.25) is 0 Å². The third kappa shape index (κ3) is 2.75. The lowest BCUT2D eigenvalue weighted by atomic mass is 10.1. The minimum absolute atomic E-state index is 0.238. The third-order valence-corrected chi connectivity index (χ3v) is 2.23. The predicted molar refractivity (Wildman–Crippen MR) is 66.9 cm³/mol. The van der Waals surface area contributed by atoms with Gasteiger partial charge in [-0.1, -0.05) is 24.0 Å². The number of nitrogens with zero attached hydrogens (tertiary/aromatic N) is 1. The number of hydrogen-bond acceptors (Lipinski definition) is 3. The van der Waals surface area contributed by atoms with E-state index in [0.29, 0.717) is 16.8 Å². The maximum atomic E-state index is 12.0. The molecule has 0 saturated carbocycles. The molecule has 0 aliphatic rings. The van der Waals surface area contributed by atoms with E-state index in [9.17, 15) is 4.79 Å². The van der Waals surface area contributed by atoms with Crippen molar-refractivity contribution in [3.05, 3.63) is 47.8 Å². The van der Waals surface area contributed by atoms with Gasteiger partial charge in [0.2, 0.25) is 0 Å². The number of carbonyl (C=O) groups excluding carboxylic acids is 1. The van der Waals surface area contributed by atoms with Gasteiger partial charge in [-0.05, 0) is 12.1 Å². The maximum Gasteiger partial charge on any atom is 0.257 e. The Bertz CT molecular complexity index is 594. The number of nitrogens with one attached hydrogen (secondary N) is 2. The zero-order valence-electron chi connectivity index (χ0n) is 9.47. The van der Waals surface area contributed by atoms with Gasteiger partial charge in [-0.25, -0.2) is 0 Å². The summed E-state index contributed by atoms with van der Waals surface area (Å²) in [7, 11) is 0. The molecule has 2 aromatic rings. The van der Waals surface area contributed by atoms with E-state index in [1.165, 1.54) is 6.20 Å². The average Bonchev–Trinajstić information content (AvgIpc) is 2.89. The van der Waals surface area contributed by atoms with E-state index in [1.54, 1.807) is 30.5 Å². The first-order valence-electron chi connectivity index (χ1n) is 5.30. The summed E-state index contributed by atoms with van der Waals surface area (Å²) in [6, 6.07) is 6.95. The Balaban J connectivity index is 2.24. The van der Waals surface area contributed by atoms with Crippen LogP contribution in [-0.2, 0) is 0 Å². The van der Waals surface area contributed by atoms with Crippen molar-refractivity contribution in [3.63, 3.8) is 0 Å². The minimum Gasteiger partial charge on any atom is -0.384 e. The zero-order chi connectivity index (χ0) is 12.8. The summed E-state index contributed by atoms with van der Waals surface area (Å²) in [5.74, 6) is 5.00. The van der Waals surface area contributed by atoms with Gasteiger partial charge in [0, 0.05) is 11.8 Å². The minimum atomic E-state index is -0.265. The average molecular weight is 241 g/mol. The number of hydrogen-bond donors (Lipinski definition) is 3. The van der Waals surface area contributed by atoms with Crippen molar-refractivity contribution in [1.82, 2.24) is 10.2 Å². The number of aliphatic hydroxyl groups is 1. The van der Waals surface area contributed by atoms with Gasteiger partial charge in [0.15, 0.2) is 0 Å². The van der Waals surface area contributed by atoms with Crippen molar-refractivity contribution in [3.8, 4) is 11.8 Å². The van der Waals surface area contributed by atoms with Crippen molar-refractivity contribution < 1.29 is 9.90 Å². The fourth-order valence-corrected chi connectivity index (χ4v) is 1.44. The lowest BCUT2D eigenvalue weighted by Crippen LogP contribution is -2.13. The van der Waals surface area contributed by atoms with E-state index in [0.717, 1.165) is 0 Å². The van der Waals surface area contributed by atoms with Gasteiger partial charge >= 0.3 is 0 Å². The zero-order valence-corrected chi connectivity index (χ0v) is 9.47. The second-order valence-corrected chi connectivity index (χ2v) is 3.45. The Labute approximate surface area is 104 Å². The largest absolute Gasteiger partial charge is 0.384 e. The van der Waals surface area contributed by atoms with E-state index in [1.807, 2.05) is 0 Å². The quantitative estimate of drug-likeness (QED) is 0.686. The lowest BCUT2D eigenvalue weighted by Gasteiger charge is -2.04. The molecule has 0 spiro atoms. The van der Waals surface area contributed by atoms with E-state index >= 15 is 0 Å². The molecule has 0 unspecified atom stereocenters. The summed E-state index contributed by atoms with van der Waals surface area (Å²) in [4.78, 5) is 12.0. The van der Waals surface area contributed by atoms with Gasteiger partial charge < -0.3 is 10.4 Å². The van der Waals surface area contributed by atoms with Crippen molar-refractivity contribution in [2.24, 2.45) is 0 Å². The molecule has 0 aliphatic heterocycles. The van der Waals surface area contributed by atoms with Crippen LogP contribution in [0.3, 0.4) is 0 Å². The normalized spacial score (nSPS) is 9.39. The summed E-state index contributed by atoms with van der Waals surface area (Å²) >= 11 is 0. The molecule has 3 N–H and O–H groups in total. The second kappa shape index (κ2) is 5.66. The predicted octanol–water partition coefficient (Wildman–Crippen LogP) is 1.01. The summed E-state index contributed by atoms with van der Waals surface area (Å²) in [6.45, 7) is -0.238. The van der Waals surface area contributed by atoms with Crippen LogP contribution in [0.4, 0.5) is 5.69 Å². The van der Waals surface area contributed by atoms with Gasteiger partial charge in [-0.15, -0.1) is 0 Å². The molecule has 0 aliphatic carbocycles. The van der Waals surface area contributed by atoms with Crippen LogP contribution in [0.1, 0.15) is 15.9 Å². The van der Waals surface area contributed by atoms with Crippen LogP contribution in [0.25, 0.3) is 0 Å². The van der Waals surface area contributed by atoms with Crippen molar-refractivity contribution >= 4 is 11.6 Å². The number of carbonyl (C=O) groups is 1. The number of aliphatic hydroxyl groups excluding tert-OH is 1. The molecular weight excluding hydrogens is 230 g/mol. The molecule has 2 rings (SSSR count). The Morgan fingerprint density at radius 2 is 2.28 bits per heavy atom. The molecule has 90 valence electrons. The maximum absolute atomic E-state index is 12.0. The topological polar surface area (TPSA) is 78.0 Å². The first-order chi connectivity index (χ1) is 8.81. The second-order valence-electron chi connectivity index (χ2n) is 3.45. The highest BCUT2D eigenvalue weighted by Gasteiger charge is 2.09. The van der Waals surface area contributed by atoms with E-state index in [2.05, 4.69) is 27.4 Å². The molecule has 0 atom stereocenters. The number of H-pyrrole nitrogens is 1. The summed E-state index contributed by atoms with van der Waals surface area (Å²) in [6.07, 6.45) is 3.10. The SMILES string of the molecule is O=C(Nc1cn[nH]c1)c1ccccc1C#CCO. The third-order valence-electron chi connectivity index (χ3n) is 2.23. The molecular formula is C13H11N3O2. The van der Waals surface area contributed by atoms with Gasteiger partial charge in [-0.2, -0.15) is 5.10 Å². The van der Waals surface area contributed by atoms with Crippen LogP contribution < -0.4 is 5.32 Å². The summed E-state index contributed by atoms with van der Waals surface area (Å²) in [5.41, 5.74) is 1.62. The fourth-order valence-electron chi connectivity index (χ4n) is 1.44.